The van der Waals surface area contributed by atoms with E-state index in [4.69, 9.17) is 9.47 Å². The molecule has 7 atom stereocenters. The van der Waals surface area contributed by atoms with Crippen molar-refractivity contribution in [1.82, 2.24) is 5.32 Å². The van der Waals surface area contributed by atoms with Crippen LogP contribution in [0.4, 0.5) is 0 Å². The van der Waals surface area contributed by atoms with E-state index in [1.807, 2.05) is 6.08 Å². The van der Waals surface area contributed by atoms with Gasteiger partial charge in [-0.1, -0.05) is 159 Å². The zero-order chi connectivity index (χ0) is 39.5. The van der Waals surface area contributed by atoms with Crippen LogP contribution in [0.1, 0.15) is 187 Å². The molecule has 0 bridgehead atoms. The first-order valence-corrected chi connectivity index (χ1v) is 22.2. The van der Waals surface area contributed by atoms with Crippen molar-refractivity contribution in [3.8, 4) is 0 Å². The number of aliphatic hydroxyl groups excluding tert-OH is 5. The molecule has 1 heterocycles. The third-order valence-corrected chi connectivity index (χ3v) is 10.4. The van der Waals surface area contributed by atoms with Crippen LogP contribution in [0.5, 0.6) is 0 Å². The molecular weight excluding hydrogens is 682 g/mol. The summed E-state index contributed by atoms with van der Waals surface area (Å²) in [5.74, 6) is -0.193. The molecule has 0 aromatic rings. The molecule has 1 aliphatic rings. The van der Waals surface area contributed by atoms with Gasteiger partial charge in [-0.2, -0.15) is 0 Å². The topological polar surface area (TPSA) is 149 Å². The molecule has 1 amide bonds. The smallest absolute Gasteiger partial charge is 0.220 e. The van der Waals surface area contributed by atoms with E-state index in [1.54, 1.807) is 6.08 Å². The second-order valence-electron chi connectivity index (χ2n) is 15.5. The summed E-state index contributed by atoms with van der Waals surface area (Å²) in [5, 5.41) is 54.0. The molecule has 6 N–H and O–H groups in total. The first-order valence-electron chi connectivity index (χ1n) is 22.2. The fourth-order valence-electron chi connectivity index (χ4n) is 6.81. The molecule has 0 aromatic heterocycles. The van der Waals surface area contributed by atoms with Crippen molar-refractivity contribution in [3.63, 3.8) is 0 Å². The number of carbonyl (C=O) groups is 1. The molecule has 9 heteroatoms. The Morgan fingerprint density at radius 1 is 0.611 bits per heavy atom. The van der Waals surface area contributed by atoms with Gasteiger partial charge >= 0.3 is 0 Å². The van der Waals surface area contributed by atoms with Crippen molar-refractivity contribution >= 4 is 5.91 Å². The van der Waals surface area contributed by atoms with Gasteiger partial charge in [-0.25, -0.2) is 0 Å². The van der Waals surface area contributed by atoms with Crippen LogP contribution in [-0.4, -0.2) is 87.5 Å². The van der Waals surface area contributed by atoms with Gasteiger partial charge in [-0.15, -0.1) is 0 Å². The summed E-state index contributed by atoms with van der Waals surface area (Å²) in [4.78, 5) is 12.9. The SMILES string of the molecule is CCCCCCCC/C=C/CC/C=C/C(O)C(COC1OC(CO)C(O)C(O)C1O)NC(=O)CCCCCCCCC/C=C\CCCCCCCCCC. The number of carbonyl (C=O) groups excluding carboxylic acids is 1. The highest BCUT2D eigenvalue weighted by Gasteiger charge is 2.44. The number of ether oxygens (including phenoxy) is 2. The van der Waals surface area contributed by atoms with Gasteiger partial charge in [0.1, 0.15) is 24.4 Å². The van der Waals surface area contributed by atoms with Gasteiger partial charge in [0.25, 0.3) is 0 Å². The number of allylic oxidation sites excluding steroid dienone is 5. The van der Waals surface area contributed by atoms with E-state index in [1.165, 1.54) is 116 Å². The molecule has 7 unspecified atom stereocenters. The monoisotopic (exact) mass is 766 g/mol. The third kappa shape index (κ3) is 26.3. The minimum Gasteiger partial charge on any atom is -0.394 e. The number of nitrogens with one attached hydrogen (secondary N) is 1. The van der Waals surface area contributed by atoms with Crippen molar-refractivity contribution in [2.45, 2.75) is 230 Å². The molecule has 0 aromatic carbocycles. The second kappa shape index (κ2) is 35.8. The zero-order valence-electron chi connectivity index (χ0n) is 34.5. The van der Waals surface area contributed by atoms with E-state index in [9.17, 15) is 30.3 Å². The Kier molecular flexibility index (Phi) is 33.4. The van der Waals surface area contributed by atoms with Crippen molar-refractivity contribution in [2.75, 3.05) is 13.2 Å². The zero-order valence-corrected chi connectivity index (χ0v) is 34.5. The van der Waals surface area contributed by atoms with Gasteiger partial charge in [0.15, 0.2) is 6.29 Å². The Hall–Kier alpha value is -1.59. The minimum absolute atomic E-state index is 0.193. The predicted molar refractivity (Wildman–Crippen MR) is 221 cm³/mol. The highest BCUT2D eigenvalue weighted by Crippen LogP contribution is 2.22. The Morgan fingerprint density at radius 3 is 1.56 bits per heavy atom. The van der Waals surface area contributed by atoms with Gasteiger partial charge in [-0.3, -0.25) is 4.79 Å². The number of hydrogen-bond acceptors (Lipinski definition) is 8. The quantitative estimate of drug-likeness (QED) is 0.0274. The molecule has 54 heavy (non-hydrogen) atoms. The van der Waals surface area contributed by atoms with Crippen molar-refractivity contribution in [3.05, 3.63) is 36.5 Å². The Morgan fingerprint density at radius 2 is 1.06 bits per heavy atom. The first-order chi connectivity index (χ1) is 26.3. The van der Waals surface area contributed by atoms with E-state index in [2.05, 4.69) is 43.5 Å². The molecular formula is C45H83NO8. The molecule has 1 saturated heterocycles. The van der Waals surface area contributed by atoms with Crippen LogP contribution in [0.3, 0.4) is 0 Å². The summed E-state index contributed by atoms with van der Waals surface area (Å²) < 4.78 is 11.2. The van der Waals surface area contributed by atoms with Gasteiger partial charge in [0, 0.05) is 6.42 Å². The van der Waals surface area contributed by atoms with Crippen LogP contribution < -0.4 is 5.32 Å². The summed E-state index contributed by atoms with van der Waals surface area (Å²) in [6, 6.07) is -0.821. The summed E-state index contributed by atoms with van der Waals surface area (Å²) >= 11 is 0. The number of amides is 1. The Labute approximate surface area is 330 Å². The van der Waals surface area contributed by atoms with Crippen LogP contribution >= 0.6 is 0 Å². The molecule has 316 valence electrons. The van der Waals surface area contributed by atoms with Gasteiger partial charge in [0.05, 0.1) is 25.4 Å². The molecule has 0 radical (unpaired) electrons. The summed E-state index contributed by atoms with van der Waals surface area (Å²) in [7, 11) is 0. The molecule has 0 spiro atoms. The minimum atomic E-state index is -1.57. The van der Waals surface area contributed by atoms with Gasteiger partial charge < -0.3 is 40.3 Å². The lowest BCUT2D eigenvalue weighted by Gasteiger charge is -2.40. The van der Waals surface area contributed by atoms with E-state index in [0.29, 0.717) is 6.42 Å². The van der Waals surface area contributed by atoms with Crippen molar-refractivity contribution in [2.24, 2.45) is 0 Å². The lowest BCUT2D eigenvalue weighted by molar-refractivity contribution is -0.302. The number of hydrogen-bond donors (Lipinski definition) is 6. The Balaban J connectivity index is 2.37. The fourth-order valence-corrected chi connectivity index (χ4v) is 6.81. The highest BCUT2D eigenvalue weighted by molar-refractivity contribution is 5.76. The maximum atomic E-state index is 12.9. The second-order valence-corrected chi connectivity index (χ2v) is 15.5. The van der Waals surface area contributed by atoms with Crippen LogP contribution in [0.25, 0.3) is 0 Å². The number of unbranched alkanes of at least 4 members (excludes halogenated alkanes) is 22. The predicted octanol–water partition coefficient (Wildman–Crippen LogP) is 8.89. The van der Waals surface area contributed by atoms with E-state index in [0.717, 1.165) is 51.4 Å². The molecule has 0 saturated carbocycles. The average molecular weight is 766 g/mol. The average Bonchev–Trinajstić information content (AvgIpc) is 3.17. The Bertz CT molecular complexity index is 941. The summed E-state index contributed by atoms with van der Waals surface area (Å²) in [6.07, 6.45) is 36.2. The maximum Gasteiger partial charge on any atom is 0.220 e. The largest absolute Gasteiger partial charge is 0.394 e. The van der Waals surface area contributed by atoms with Gasteiger partial charge in [0.2, 0.25) is 5.91 Å². The maximum absolute atomic E-state index is 12.9. The molecule has 1 fully saturated rings. The summed E-state index contributed by atoms with van der Waals surface area (Å²) in [6.45, 7) is 3.72. The van der Waals surface area contributed by atoms with E-state index in [-0.39, 0.29) is 12.5 Å². The molecule has 0 aliphatic carbocycles. The lowest BCUT2D eigenvalue weighted by Crippen LogP contribution is -2.60. The van der Waals surface area contributed by atoms with Gasteiger partial charge in [-0.05, 0) is 57.8 Å². The van der Waals surface area contributed by atoms with E-state index < -0.39 is 49.5 Å². The standard InChI is InChI=1S/C45H83NO8/c1-3-5-7-9-11-13-15-17-18-19-20-21-22-23-25-27-29-31-33-35-41(49)46-38(37-53-45-44(52)43(51)42(50)40(36-47)54-45)39(48)34-32-30-28-26-24-16-14-12-10-8-6-4-2/h19-20,24,26,32,34,38-40,42-45,47-48,50-52H,3-18,21-23,25,27-31,33,35-37H2,1-2H3,(H,46,49)/b20-19-,26-24+,34-32+. The third-order valence-electron chi connectivity index (χ3n) is 10.4. The van der Waals surface area contributed by atoms with E-state index >= 15 is 0 Å². The molecule has 9 nitrogen and oxygen atoms in total. The van der Waals surface area contributed by atoms with Crippen LogP contribution in [0.15, 0.2) is 36.5 Å². The van der Waals surface area contributed by atoms with Crippen LogP contribution in [0, 0.1) is 0 Å². The molecule has 1 aliphatic heterocycles. The summed E-state index contributed by atoms with van der Waals surface area (Å²) in [5.41, 5.74) is 0. The van der Waals surface area contributed by atoms with Crippen molar-refractivity contribution < 1.29 is 39.8 Å². The fraction of sp³-hybridized carbons (Fsp3) is 0.844. The molecule has 1 rings (SSSR count). The van der Waals surface area contributed by atoms with Crippen molar-refractivity contribution in [1.29, 1.82) is 0 Å². The van der Waals surface area contributed by atoms with Crippen LogP contribution in [-0.2, 0) is 14.3 Å². The van der Waals surface area contributed by atoms with Crippen LogP contribution in [0.2, 0.25) is 0 Å². The number of rotatable bonds is 36. The first kappa shape index (κ1) is 50.4. The lowest BCUT2D eigenvalue weighted by atomic mass is 9.99. The number of aliphatic hydroxyl groups is 5. The highest BCUT2D eigenvalue weighted by atomic mass is 16.7. The normalized spacial score (nSPS) is 21.8.